The minimum atomic E-state index is -0.466. The Morgan fingerprint density at radius 1 is 0.895 bits per heavy atom. The molecule has 0 heterocycles. The van der Waals surface area contributed by atoms with Gasteiger partial charge in [0.2, 0.25) is 0 Å². The molecule has 1 aliphatic rings. The van der Waals surface area contributed by atoms with Gasteiger partial charge in [-0.1, -0.05) is 30.3 Å². The summed E-state index contributed by atoms with van der Waals surface area (Å²) in [5, 5.41) is 19.4. The van der Waals surface area contributed by atoms with Gasteiger partial charge < -0.3 is 10.2 Å². The van der Waals surface area contributed by atoms with E-state index in [-0.39, 0.29) is 29.1 Å². The van der Waals surface area contributed by atoms with Crippen LogP contribution in [0.3, 0.4) is 0 Å². The van der Waals surface area contributed by atoms with Crippen LogP contribution >= 0.6 is 0 Å². The maximum atomic E-state index is 12.4. The highest BCUT2D eigenvalue weighted by molar-refractivity contribution is 6.20. The number of rotatable bonds is 0. The van der Waals surface area contributed by atoms with Crippen LogP contribution in [0.25, 0.3) is 0 Å². The summed E-state index contributed by atoms with van der Waals surface area (Å²) in [5.74, 6) is -1.44. The van der Waals surface area contributed by atoms with Gasteiger partial charge in [0, 0.05) is 17.5 Å². The molecule has 0 bridgehead atoms. The number of carbonyl (C=O) groups excluding carboxylic acids is 2. The number of carbonyl (C=O) groups is 2. The van der Waals surface area contributed by atoms with Crippen molar-refractivity contribution in [1.82, 2.24) is 0 Å². The van der Waals surface area contributed by atoms with E-state index in [1.165, 1.54) is 12.1 Å². The lowest BCUT2D eigenvalue weighted by Crippen LogP contribution is -2.05. The molecule has 4 heteroatoms. The topological polar surface area (TPSA) is 74.6 Å². The van der Waals surface area contributed by atoms with E-state index in [1.807, 2.05) is 0 Å². The second kappa shape index (κ2) is 3.95. The van der Waals surface area contributed by atoms with Gasteiger partial charge in [-0.15, -0.1) is 0 Å². The van der Waals surface area contributed by atoms with Crippen LogP contribution in [0.1, 0.15) is 31.8 Å². The molecule has 0 atom stereocenters. The molecule has 0 saturated carbocycles. The molecular weight excluding hydrogens is 244 g/mol. The third-order valence-electron chi connectivity index (χ3n) is 3.29. The van der Waals surface area contributed by atoms with E-state index in [0.29, 0.717) is 11.1 Å². The second-order valence-corrected chi connectivity index (χ2v) is 4.44. The number of phenols is 2. The molecule has 0 radical (unpaired) electrons. The highest BCUT2D eigenvalue weighted by Crippen LogP contribution is 2.36. The minimum absolute atomic E-state index is 0.0123. The van der Waals surface area contributed by atoms with Crippen LogP contribution in [0.4, 0.5) is 0 Å². The Balaban J connectivity index is 2.34. The highest BCUT2D eigenvalue weighted by atomic mass is 16.3. The number of aromatic hydroxyl groups is 2. The number of hydrogen-bond acceptors (Lipinski definition) is 4. The molecule has 0 aromatic heterocycles. The summed E-state index contributed by atoms with van der Waals surface area (Å²) in [7, 11) is 0. The summed E-state index contributed by atoms with van der Waals surface area (Å²) >= 11 is 0. The number of ketones is 2. The third kappa shape index (κ3) is 1.61. The molecule has 2 N–H and O–H groups in total. The number of Topliss-reactive ketones (excluding diaryl/α,β-unsaturated/α-hetero) is 1. The van der Waals surface area contributed by atoms with E-state index < -0.39 is 11.5 Å². The van der Waals surface area contributed by atoms with Gasteiger partial charge in [0.25, 0.3) is 0 Å². The number of fused-ring (bicyclic) bond motifs is 2. The van der Waals surface area contributed by atoms with E-state index in [2.05, 4.69) is 0 Å². The summed E-state index contributed by atoms with van der Waals surface area (Å²) in [6.45, 7) is 0. The molecule has 3 rings (SSSR count). The zero-order valence-corrected chi connectivity index (χ0v) is 9.88. The van der Waals surface area contributed by atoms with Crippen molar-refractivity contribution in [3.63, 3.8) is 0 Å². The average molecular weight is 254 g/mol. The predicted octanol–water partition coefficient (Wildman–Crippen LogP) is 2.07. The van der Waals surface area contributed by atoms with E-state index in [0.717, 1.165) is 0 Å². The van der Waals surface area contributed by atoms with Crippen molar-refractivity contribution < 1.29 is 19.8 Å². The van der Waals surface area contributed by atoms with Crippen LogP contribution in [0, 0.1) is 0 Å². The summed E-state index contributed by atoms with van der Waals surface area (Å²) < 4.78 is 0. The molecule has 0 fully saturated rings. The third-order valence-corrected chi connectivity index (χ3v) is 3.29. The minimum Gasteiger partial charge on any atom is -0.504 e. The summed E-state index contributed by atoms with van der Waals surface area (Å²) in [5.41, 5.74) is 1.05. The van der Waals surface area contributed by atoms with Crippen molar-refractivity contribution in [1.29, 1.82) is 0 Å². The lowest BCUT2D eigenvalue weighted by Gasteiger charge is -2.08. The maximum absolute atomic E-state index is 12.4. The molecule has 0 saturated heterocycles. The van der Waals surface area contributed by atoms with Gasteiger partial charge in [-0.3, -0.25) is 9.59 Å². The van der Waals surface area contributed by atoms with Crippen molar-refractivity contribution in [2.75, 3.05) is 0 Å². The SMILES string of the molecule is O=C1Cc2ccc(O)c(O)c2C(=O)c2ccccc21. The largest absolute Gasteiger partial charge is 0.504 e. The van der Waals surface area contributed by atoms with Crippen LogP contribution in [0.2, 0.25) is 0 Å². The summed E-state index contributed by atoms with van der Waals surface area (Å²) in [6, 6.07) is 9.27. The smallest absolute Gasteiger partial charge is 0.197 e. The van der Waals surface area contributed by atoms with Gasteiger partial charge >= 0.3 is 0 Å². The molecular formula is C15H10O4. The van der Waals surface area contributed by atoms with Crippen LogP contribution in [-0.2, 0) is 6.42 Å². The molecule has 0 amide bonds. The Morgan fingerprint density at radius 2 is 1.58 bits per heavy atom. The molecule has 0 spiro atoms. The van der Waals surface area contributed by atoms with Crippen LogP contribution in [-0.4, -0.2) is 21.8 Å². The van der Waals surface area contributed by atoms with Crippen molar-refractivity contribution in [2.45, 2.75) is 6.42 Å². The Labute approximate surface area is 108 Å². The van der Waals surface area contributed by atoms with Crippen molar-refractivity contribution in [3.05, 3.63) is 58.7 Å². The maximum Gasteiger partial charge on any atom is 0.197 e. The average Bonchev–Trinajstić information content (AvgIpc) is 2.52. The predicted molar refractivity (Wildman–Crippen MR) is 67.7 cm³/mol. The van der Waals surface area contributed by atoms with Crippen molar-refractivity contribution in [3.8, 4) is 11.5 Å². The van der Waals surface area contributed by atoms with E-state index in [9.17, 15) is 19.8 Å². The Kier molecular flexibility index (Phi) is 2.38. The van der Waals surface area contributed by atoms with Gasteiger partial charge in [-0.2, -0.15) is 0 Å². The lowest BCUT2D eigenvalue weighted by molar-refractivity contribution is 0.0984. The first-order valence-corrected chi connectivity index (χ1v) is 5.80. The van der Waals surface area contributed by atoms with Crippen molar-refractivity contribution in [2.24, 2.45) is 0 Å². The monoisotopic (exact) mass is 254 g/mol. The summed E-state index contributed by atoms with van der Waals surface area (Å²) in [4.78, 5) is 24.5. The van der Waals surface area contributed by atoms with E-state index >= 15 is 0 Å². The number of benzene rings is 2. The second-order valence-electron chi connectivity index (χ2n) is 4.44. The molecule has 4 nitrogen and oxygen atoms in total. The molecule has 0 unspecified atom stereocenters. The van der Waals surface area contributed by atoms with Gasteiger partial charge in [0.1, 0.15) is 0 Å². The Morgan fingerprint density at radius 3 is 2.32 bits per heavy atom. The van der Waals surface area contributed by atoms with Crippen LogP contribution in [0.15, 0.2) is 36.4 Å². The van der Waals surface area contributed by atoms with E-state index in [1.54, 1.807) is 24.3 Å². The first-order chi connectivity index (χ1) is 9.09. The first-order valence-electron chi connectivity index (χ1n) is 5.80. The van der Waals surface area contributed by atoms with Gasteiger partial charge in [0.05, 0.1) is 5.56 Å². The summed E-state index contributed by atoms with van der Waals surface area (Å²) in [6.07, 6.45) is 0.0337. The molecule has 19 heavy (non-hydrogen) atoms. The fraction of sp³-hybridized carbons (Fsp3) is 0.0667. The molecule has 94 valence electrons. The Hall–Kier alpha value is -2.62. The molecule has 2 aromatic rings. The lowest BCUT2D eigenvalue weighted by atomic mass is 9.98. The van der Waals surface area contributed by atoms with Crippen LogP contribution in [0.5, 0.6) is 11.5 Å². The number of hydrogen-bond donors (Lipinski definition) is 2. The normalized spacial score (nSPS) is 13.7. The number of phenolic OH excluding ortho intramolecular Hbond substituents is 2. The highest BCUT2D eigenvalue weighted by Gasteiger charge is 2.28. The van der Waals surface area contributed by atoms with Gasteiger partial charge in [-0.05, 0) is 11.6 Å². The van der Waals surface area contributed by atoms with Crippen molar-refractivity contribution >= 4 is 11.6 Å². The standard InChI is InChI=1S/C15H10O4/c16-11-6-5-8-7-12(17)9-3-1-2-4-10(9)14(18)13(8)15(11)19/h1-6,16,19H,7H2. The fourth-order valence-electron chi connectivity index (χ4n) is 2.35. The Bertz CT molecular complexity index is 716. The fourth-order valence-corrected chi connectivity index (χ4v) is 2.35. The quantitative estimate of drug-likeness (QED) is 0.706. The zero-order chi connectivity index (χ0) is 13.6. The molecule has 2 aromatic carbocycles. The van der Waals surface area contributed by atoms with Gasteiger partial charge in [-0.25, -0.2) is 0 Å². The zero-order valence-electron chi connectivity index (χ0n) is 9.88. The molecule has 1 aliphatic carbocycles. The van der Waals surface area contributed by atoms with Gasteiger partial charge in [0.15, 0.2) is 23.1 Å². The first kappa shape index (κ1) is 11.5. The van der Waals surface area contributed by atoms with E-state index in [4.69, 9.17) is 0 Å². The van der Waals surface area contributed by atoms with Crippen LogP contribution < -0.4 is 0 Å². The molecule has 0 aliphatic heterocycles.